The summed E-state index contributed by atoms with van der Waals surface area (Å²) in [4.78, 5) is 16.7. The first-order chi connectivity index (χ1) is 14.1. The summed E-state index contributed by atoms with van der Waals surface area (Å²) in [5.41, 5.74) is 2.39. The van der Waals surface area contributed by atoms with Gasteiger partial charge in [0.15, 0.2) is 0 Å². The van der Waals surface area contributed by atoms with Gasteiger partial charge in [0.25, 0.3) is 5.91 Å². The van der Waals surface area contributed by atoms with Gasteiger partial charge in [0, 0.05) is 23.5 Å². The van der Waals surface area contributed by atoms with Crippen molar-refractivity contribution >= 4 is 33.0 Å². The Morgan fingerprint density at radius 2 is 2.03 bits per heavy atom. The zero-order valence-corrected chi connectivity index (χ0v) is 17.7. The number of benzene rings is 2. The Bertz CT molecular complexity index is 1090. The maximum Gasteiger partial charge on any atom is 0.256 e. The van der Waals surface area contributed by atoms with E-state index < -0.39 is 0 Å². The number of thiophene rings is 1. The molecule has 4 rings (SSSR count). The monoisotopic (exact) mass is 403 g/mol. The number of fused-ring (bicyclic) bond motifs is 2. The molecule has 29 heavy (non-hydrogen) atoms. The van der Waals surface area contributed by atoms with Gasteiger partial charge in [0.2, 0.25) is 0 Å². The molecule has 2 aromatic carbocycles. The smallest absolute Gasteiger partial charge is 0.256 e. The van der Waals surface area contributed by atoms with E-state index in [0.717, 1.165) is 42.4 Å². The van der Waals surface area contributed by atoms with E-state index >= 15 is 0 Å². The van der Waals surface area contributed by atoms with Crippen LogP contribution in [0.4, 0.5) is 5.00 Å². The minimum absolute atomic E-state index is 0.159. The lowest BCUT2D eigenvalue weighted by Crippen LogP contribution is -2.31. The number of carbonyl (C=O) groups is 1. The fourth-order valence-electron chi connectivity index (χ4n) is 3.89. The predicted molar refractivity (Wildman–Crippen MR) is 119 cm³/mol. The first-order valence-electron chi connectivity index (χ1n) is 10.1. The highest BCUT2D eigenvalue weighted by atomic mass is 32.1. The molecule has 5 heteroatoms. The van der Waals surface area contributed by atoms with Gasteiger partial charge >= 0.3 is 0 Å². The SMILES string of the molecule is CC(C)CCN1CCc2c(sc(NC(=O)c3cccc4ccccc34)c2C#N)C1. The molecule has 1 aliphatic heterocycles. The lowest BCUT2D eigenvalue weighted by atomic mass is 10.0. The Morgan fingerprint density at radius 3 is 2.83 bits per heavy atom. The Morgan fingerprint density at radius 1 is 1.24 bits per heavy atom. The topological polar surface area (TPSA) is 56.1 Å². The quantitative estimate of drug-likeness (QED) is 0.618. The molecule has 0 spiro atoms. The fourth-order valence-corrected chi connectivity index (χ4v) is 5.12. The van der Waals surface area contributed by atoms with Crippen LogP contribution in [0.1, 0.15) is 46.6 Å². The molecule has 1 N–H and O–H groups in total. The van der Waals surface area contributed by atoms with Crippen LogP contribution in [-0.2, 0) is 13.0 Å². The highest BCUT2D eigenvalue weighted by Crippen LogP contribution is 2.37. The summed E-state index contributed by atoms with van der Waals surface area (Å²) in [6.45, 7) is 7.41. The van der Waals surface area contributed by atoms with Crippen molar-refractivity contribution in [2.75, 3.05) is 18.4 Å². The van der Waals surface area contributed by atoms with Gasteiger partial charge in [-0.3, -0.25) is 9.69 Å². The number of amides is 1. The Kier molecular flexibility index (Phi) is 5.66. The third-order valence-electron chi connectivity index (χ3n) is 5.53. The number of nitrogens with one attached hydrogen (secondary N) is 1. The second-order valence-electron chi connectivity index (χ2n) is 8.01. The summed E-state index contributed by atoms with van der Waals surface area (Å²) < 4.78 is 0. The number of carbonyl (C=O) groups excluding carboxylic acids is 1. The summed E-state index contributed by atoms with van der Waals surface area (Å²) in [6.07, 6.45) is 2.05. The van der Waals surface area contributed by atoms with Gasteiger partial charge in [-0.2, -0.15) is 5.26 Å². The van der Waals surface area contributed by atoms with Crippen molar-refractivity contribution in [1.82, 2.24) is 4.90 Å². The molecule has 1 aliphatic rings. The average molecular weight is 404 g/mol. The van der Waals surface area contributed by atoms with E-state index in [-0.39, 0.29) is 5.91 Å². The molecule has 1 amide bonds. The minimum atomic E-state index is -0.159. The van der Waals surface area contributed by atoms with Gasteiger partial charge in [-0.05, 0) is 47.7 Å². The van der Waals surface area contributed by atoms with Crippen LogP contribution in [0.3, 0.4) is 0 Å². The third kappa shape index (κ3) is 4.05. The standard InChI is InChI=1S/C24H25N3OS/c1-16(2)10-12-27-13-11-19-21(14-25)24(29-22(19)15-27)26-23(28)20-9-5-7-17-6-3-4-8-18(17)20/h3-9,16H,10-13,15H2,1-2H3,(H,26,28). The van der Waals surface area contributed by atoms with Gasteiger partial charge < -0.3 is 5.32 Å². The molecule has 148 valence electrons. The van der Waals surface area contributed by atoms with Gasteiger partial charge in [0.1, 0.15) is 11.1 Å². The average Bonchev–Trinajstić information content (AvgIpc) is 3.07. The molecule has 0 unspecified atom stereocenters. The summed E-state index contributed by atoms with van der Waals surface area (Å²) in [5.74, 6) is 0.526. The van der Waals surface area contributed by atoms with E-state index in [1.54, 1.807) is 11.3 Å². The van der Waals surface area contributed by atoms with Crippen LogP contribution in [0.5, 0.6) is 0 Å². The van der Waals surface area contributed by atoms with Crippen molar-refractivity contribution < 1.29 is 4.79 Å². The highest BCUT2D eigenvalue weighted by Gasteiger charge is 2.25. The van der Waals surface area contributed by atoms with E-state index in [4.69, 9.17) is 0 Å². The predicted octanol–water partition coefficient (Wildman–Crippen LogP) is 5.43. The Balaban J connectivity index is 1.58. The Labute approximate surface area is 175 Å². The molecule has 0 aliphatic carbocycles. The zero-order chi connectivity index (χ0) is 20.4. The second kappa shape index (κ2) is 8.36. The van der Waals surface area contributed by atoms with Gasteiger partial charge in [-0.15, -0.1) is 11.3 Å². The molecular weight excluding hydrogens is 378 g/mol. The molecule has 0 radical (unpaired) electrons. The Hall–Kier alpha value is -2.68. The lowest BCUT2D eigenvalue weighted by Gasteiger charge is -2.27. The van der Waals surface area contributed by atoms with Crippen LogP contribution in [0.25, 0.3) is 10.8 Å². The van der Waals surface area contributed by atoms with Crippen molar-refractivity contribution in [1.29, 1.82) is 5.26 Å². The van der Waals surface area contributed by atoms with Gasteiger partial charge in [0.05, 0.1) is 5.56 Å². The number of nitrogens with zero attached hydrogens (tertiary/aromatic N) is 2. The number of hydrogen-bond donors (Lipinski definition) is 1. The molecule has 2 heterocycles. The van der Waals surface area contributed by atoms with Crippen molar-refractivity contribution in [2.24, 2.45) is 5.92 Å². The first kappa shape index (κ1) is 19.6. The summed E-state index contributed by atoms with van der Waals surface area (Å²) >= 11 is 1.56. The molecule has 4 nitrogen and oxygen atoms in total. The van der Waals surface area contributed by atoms with Crippen molar-refractivity contribution in [3.05, 3.63) is 64.0 Å². The van der Waals surface area contributed by atoms with E-state index in [2.05, 4.69) is 30.1 Å². The zero-order valence-electron chi connectivity index (χ0n) is 16.9. The molecule has 3 aromatic rings. The van der Waals surface area contributed by atoms with Gasteiger partial charge in [-0.1, -0.05) is 50.2 Å². The molecule has 0 fully saturated rings. The van der Waals surface area contributed by atoms with Crippen LogP contribution in [0, 0.1) is 17.2 Å². The molecule has 0 saturated heterocycles. The van der Waals surface area contributed by atoms with Crippen LogP contribution < -0.4 is 5.32 Å². The maximum atomic E-state index is 13.0. The van der Waals surface area contributed by atoms with Crippen molar-refractivity contribution in [2.45, 2.75) is 33.2 Å². The number of anilines is 1. The molecule has 0 bridgehead atoms. The van der Waals surface area contributed by atoms with Crippen molar-refractivity contribution in [3.8, 4) is 6.07 Å². The number of hydrogen-bond acceptors (Lipinski definition) is 4. The third-order valence-corrected chi connectivity index (χ3v) is 6.66. The van der Waals surface area contributed by atoms with Crippen LogP contribution in [0.15, 0.2) is 42.5 Å². The molecule has 0 saturated carbocycles. The van der Waals surface area contributed by atoms with E-state index in [1.165, 1.54) is 11.3 Å². The second-order valence-corrected chi connectivity index (χ2v) is 9.11. The summed E-state index contributed by atoms with van der Waals surface area (Å²) in [7, 11) is 0. The van der Waals surface area contributed by atoms with E-state index in [0.29, 0.717) is 22.0 Å². The van der Waals surface area contributed by atoms with E-state index in [9.17, 15) is 10.1 Å². The first-order valence-corrected chi connectivity index (χ1v) is 10.9. The van der Waals surface area contributed by atoms with E-state index in [1.807, 2.05) is 42.5 Å². The number of rotatable bonds is 5. The minimum Gasteiger partial charge on any atom is -0.312 e. The molecule has 1 aromatic heterocycles. The van der Waals surface area contributed by atoms with Crippen LogP contribution in [0.2, 0.25) is 0 Å². The summed E-state index contributed by atoms with van der Waals surface area (Å²) in [5, 5.41) is 15.4. The fraction of sp³-hybridized carbons (Fsp3) is 0.333. The summed E-state index contributed by atoms with van der Waals surface area (Å²) in [6, 6.07) is 15.9. The van der Waals surface area contributed by atoms with Crippen molar-refractivity contribution in [3.63, 3.8) is 0 Å². The maximum absolute atomic E-state index is 13.0. The highest BCUT2D eigenvalue weighted by molar-refractivity contribution is 7.16. The lowest BCUT2D eigenvalue weighted by molar-refractivity contribution is 0.102. The van der Waals surface area contributed by atoms with Crippen LogP contribution in [-0.4, -0.2) is 23.9 Å². The molecule has 0 atom stereocenters. The van der Waals surface area contributed by atoms with Crippen LogP contribution >= 0.6 is 11.3 Å². The molecular formula is C24H25N3OS. The largest absolute Gasteiger partial charge is 0.312 e. The normalized spacial score (nSPS) is 14.0. The van der Waals surface area contributed by atoms with Gasteiger partial charge in [-0.25, -0.2) is 0 Å². The number of nitriles is 1.